The highest BCUT2D eigenvalue weighted by Gasteiger charge is 2.24. The molecule has 3 N–H and O–H groups in total. The summed E-state index contributed by atoms with van der Waals surface area (Å²) in [6.07, 6.45) is 2.72. The predicted octanol–water partition coefficient (Wildman–Crippen LogP) is 2.57. The largest absolute Gasteiger partial charge is 0.387 e. The smallest absolute Gasteiger partial charge is 0.0977 e. The molecule has 0 saturated heterocycles. The minimum Gasteiger partial charge on any atom is -0.387 e. The van der Waals surface area contributed by atoms with E-state index in [1.54, 1.807) is 18.5 Å². The third-order valence-corrected chi connectivity index (χ3v) is 4.11. The summed E-state index contributed by atoms with van der Waals surface area (Å²) in [4.78, 5) is 4.72. The number of halogens is 1. The molecule has 2 atom stereocenters. The van der Waals surface area contributed by atoms with E-state index in [9.17, 15) is 5.11 Å². The van der Waals surface area contributed by atoms with Crippen molar-refractivity contribution in [2.45, 2.75) is 12.0 Å². The summed E-state index contributed by atoms with van der Waals surface area (Å²) in [6.45, 7) is 0.361. The normalized spacial score (nSPS) is 14.5. The molecule has 17 heavy (non-hydrogen) atoms. The molecule has 2 rings (SSSR count). The van der Waals surface area contributed by atoms with Crippen LogP contribution in [0.4, 0.5) is 0 Å². The van der Waals surface area contributed by atoms with Crippen molar-refractivity contribution in [1.29, 1.82) is 0 Å². The molecule has 90 valence electrons. The van der Waals surface area contributed by atoms with E-state index in [4.69, 9.17) is 17.3 Å². The van der Waals surface area contributed by atoms with Crippen molar-refractivity contribution in [3.8, 4) is 0 Å². The highest BCUT2D eigenvalue weighted by atomic mass is 35.5. The molecular weight excluding hydrogens is 256 g/mol. The van der Waals surface area contributed by atoms with Crippen molar-refractivity contribution < 1.29 is 5.11 Å². The predicted molar refractivity (Wildman–Crippen MR) is 70.3 cm³/mol. The molecule has 3 nitrogen and oxygen atoms in total. The van der Waals surface area contributed by atoms with Crippen molar-refractivity contribution >= 4 is 22.9 Å². The lowest BCUT2D eigenvalue weighted by Crippen LogP contribution is -2.19. The lowest BCUT2D eigenvalue weighted by molar-refractivity contribution is 0.151. The van der Waals surface area contributed by atoms with E-state index in [1.165, 1.54) is 11.3 Å². The maximum absolute atomic E-state index is 10.3. The van der Waals surface area contributed by atoms with Gasteiger partial charge in [0.15, 0.2) is 0 Å². The highest BCUT2D eigenvalue weighted by Crippen LogP contribution is 2.36. The number of pyridine rings is 1. The van der Waals surface area contributed by atoms with Crippen LogP contribution in [0, 0.1) is 0 Å². The fourth-order valence-corrected chi connectivity index (χ4v) is 2.98. The molecule has 2 heterocycles. The van der Waals surface area contributed by atoms with Gasteiger partial charge in [-0.2, -0.15) is 0 Å². The van der Waals surface area contributed by atoms with E-state index in [-0.39, 0.29) is 5.92 Å². The molecule has 0 aliphatic heterocycles. The van der Waals surface area contributed by atoms with Crippen molar-refractivity contribution in [3.05, 3.63) is 51.4 Å². The van der Waals surface area contributed by atoms with E-state index in [0.29, 0.717) is 11.6 Å². The number of hydrogen-bond acceptors (Lipinski definition) is 4. The van der Waals surface area contributed by atoms with Crippen LogP contribution in [0.25, 0.3) is 0 Å². The number of nitrogens with zero attached hydrogens (tertiary/aromatic N) is 1. The third-order valence-electron chi connectivity index (χ3n) is 2.68. The average molecular weight is 269 g/mol. The van der Waals surface area contributed by atoms with Gasteiger partial charge in [0.2, 0.25) is 0 Å². The number of aliphatic hydroxyl groups is 1. The van der Waals surface area contributed by atoms with Gasteiger partial charge in [0.05, 0.1) is 16.0 Å². The van der Waals surface area contributed by atoms with Gasteiger partial charge in [-0.3, -0.25) is 4.98 Å². The van der Waals surface area contributed by atoms with E-state index in [0.717, 1.165) is 10.4 Å². The summed E-state index contributed by atoms with van der Waals surface area (Å²) in [5, 5.41) is 12.8. The zero-order valence-corrected chi connectivity index (χ0v) is 10.7. The average Bonchev–Trinajstić information content (AvgIpc) is 2.77. The van der Waals surface area contributed by atoms with Gasteiger partial charge in [0.25, 0.3) is 0 Å². The molecule has 0 aromatic carbocycles. The summed E-state index contributed by atoms with van der Waals surface area (Å²) < 4.78 is 0. The molecule has 0 saturated carbocycles. The Balaban J connectivity index is 2.28. The van der Waals surface area contributed by atoms with Crippen LogP contribution in [0.2, 0.25) is 5.02 Å². The van der Waals surface area contributed by atoms with Gasteiger partial charge in [-0.05, 0) is 29.1 Å². The molecule has 0 radical (unpaired) electrons. The van der Waals surface area contributed by atoms with E-state index < -0.39 is 6.10 Å². The van der Waals surface area contributed by atoms with E-state index in [2.05, 4.69) is 4.98 Å². The molecule has 0 spiro atoms. The van der Waals surface area contributed by atoms with Gasteiger partial charge in [0, 0.05) is 24.9 Å². The molecular formula is C12H13ClN2OS. The first kappa shape index (κ1) is 12.5. The van der Waals surface area contributed by atoms with E-state index in [1.807, 2.05) is 17.5 Å². The van der Waals surface area contributed by atoms with Gasteiger partial charge in [-0.15, -0.1) is 11.3 Å². The summed E-state index contributed by atoms with van der Waals surface area (Å²) in [5.41, 5.74) is 6.71. The molecule has 5 heteroatoms. The first-order valence-electron chi connectivity index (χ1n) is 5.25. The summed E-state index contributed by atoms with van der Waals surface area (Å²) >= 11 is 7.46. The molecule has 2 unspecified atom stereocenters. The van der Waals surface area contributed by atoms with Crippen LogP contribution in [-0.4, -0.2) is 16.6 Å². The number of hydrogen-bond donors (Lipinski definition) is 2. The van der Waals surface area contributed by atoms with Gasteiger partial charge < -0.3 is 10.8 Å². The number of aromatic nitrogens is 1. The standard InChI is InChI=1S/C12H13ClN2OS/c13-10-3-6-17-12(10)11(16)9(7-14)8-1-4-15-5-2-8/h1-6,9,11,16H,7,14H2. The lowest BCUT2D eigenvalue weighted by atomic mass is 9.93. The van der Waals surface area contributed by atoms with Crippen molar-refractivity contribution in [2.24, 2.45) is 5.73 Å². The Labute approximate surface area is 109 Å². The molecule has 0 aliphatic rings. The maximum atomic E-state index is 10.3. The molecule has 0 aliphatic carbocycles. The van der Waals surface area contributed by atoms with Crippen LogP contribution in [0.5, 0.6) is 0 Å². The Hall–Kier alpha value is -0.940. The fourth-order valence-electron chi connectivity index (χ4n) is 1.76. The highest BCUT2D eigenvalue weighted by molar-refractivity contribution is 7.10. The van der Waals surface area contributed by atoms with Crippen LogP contribution < -0.4 is 5.73 Å². The quantitative estimate of drug-likeness (QED) is 0.896. The first-order valence-corrected chi connectivity index (χ1v) is 6.50. The minimum atomic E-state index is -0.671. The fraction of sp³-hybridized carbons (Fsp3) is 0.250. The van der Waals surface area contributed by atoms with Gasteiger partial charge >= 0.3 is 0 Å². The van der Waals surface area contributed by atoms with E-state index >= 15 is 0 Å². The summed E-state index contributed by atoms with van der Waals surface area (Å²) in [7, 11) is 0. The first-order chi connectivity index (χ1) is 8.24. The van der Waals surface area contributed by atoms with Gasteiger partial charge in [-0.1, -0.05) is 11.6 Å². The third kappa shape index (κ3) is 2.66. The number of nitrogens with two attached hydrogens (primary N) is 1. The topological polar surface area (TPSA) is 59.1 Å². The number of rotatable bonds is 4. The zero-order valence-electron chi connectivity index (χ0n) is 9.08. The second-order valence-electron chi connectivity index (χ2n) is 3.70. The Bertz CT molecular complexity index is 474. The van der Waals surface area contributed by atoms with Crippen LogP contribution in [0.3, 0.4) is 0 Å². The Morgan fingerprint density at radius 2 is 2.06 bits per heavy atom. The van der Waals surface area contributed by atoms with Crippen LogP contribution in [-0.2, 0) is 0 Å². The van der Waals surface area contributed by atoms with Crippen LogP contribution >= 0.6 is 22.9 Å². The molecule has 0 bridgehead atoms. The van der Waals surface area contributed by atoms with Crippen molar-refractivity contribution in [3.63, 3.8) is 0 Å². The number of aliphatic hydroxyl groups excluding tert-OH is 1. The summed E-state index contributed by atoms with van der Waals surface area (Å²) in [6, 6.07) is 5.51. The number of thiophene rings is 1. The monoisotopic (exact) mass is 268 g/mol. The SMILES string of the molecule is NCC(c1ccncc1)C(O)c1sccc1Cl. The minimum absolute atomic E-state index is 0.158. The van der Waals surface area contributed by atoms with Gasteiger partial charge in [0.1, 0.15) is 0 Å². The maximum Gasteiger partial charge on any atom is 0.0977 e. The summed E-state index contributed by atoms with van der Waals surface area (Å²) in [5.74, 6) is -0.158. The Morgan fingerprint density at radius 1 is 1.35 bits per heavy atom. The van der Waals surface area contributed by atoms with Crippen LogP contribution in [0.15, 0.2) is 36.0 Å². The van der Waals surface area contributed by atoms with Gasteiger partial charge in [-0.25, -0.2) is 0 Å². The molecule has 2 aromatic rings. The Kier molecular flexibility index (Phi) is 4.12. The van der Waals surface area contributed by atoms with Crippen molar-refractivity contribution in [2.75, 3.05) is 6.54 Å². The lowest BCUT2D eigenvalue weighted by Gasteiger charge is -2.21. The molecule has 0 amide bonds. The van der Waals surface area contributed by atoms with Crippen LogP contribution in [0.1, 0.15) is 22.5 Å². The second-order valence-corrected chi connectivity index (χ2v) is 5.06. The zero-order chi connectivity index (χ0) is 12.3. The molecule has 0 fully saturated rings. The van der Waals surface area contributed by atoms with Crippen molar-refractivity contribution in [1.82, 2.24) is 4.98 Å². The Morgan fingerprint density at radius 3 is 2.59 bits per heavy atom. The second kappa shape index (κ2) is 5.60. The molecule has 2 aromatic heterocycles.